The molecule has 1 N–H and O–H groups in total. The summed E-state index contributed by atoms with van der Waals surface area (Å²) >= 11 is 5.93. The van der Waals surface area contributed by atoms with Gasteiger partial charge in [0, 0.05) is 29.7 Å². The van der Waals surface area contributed by atoms with Crippen LogP contribution in [0.5, 0.6) is 0 Å². The number of hydrogen-bond donors (Lipinski definition) is 1. The number of benzene rings is 2. The fourth-order valence-corrected chi connectivity index (χ4v) is 3.35. The van der Waals surface area contributed by atoms with Crippen LogP contribution in [-0.2, 0) is 11.2 Å². The molecular formula is C20H21ClN2O2. The number of rotatable bonds is 4. The molecule has 0 fully saturated rings. The van der Waals surface area contributed by atoms with E-state index in [1.165, 1.54) is 0 Å². The smallest absolute Gasteiger partial charge is 0.251 e. The minimum atomic E-state index is -0.106. The summed E-state index contributed by atoms with van der Waals surface area (Å²) in [5.74, 6) is -0.0735. The fourth-order valence-electron chi connectivity index (χ4n) is 3.23. The Balaban J connectivity index is 1.77. The van der Waals surface area contributed by atoms with Crippen LogP contribution in [0.15, 0.2) is 42.5 Å². The molecule has 0 aromatic heterocycles. The summed E-state index contributed by atoms with van der Waals surface area (Å²) in [7, 11) is 0. The molecule has 0 spiro atoms. The van der Waals surface area contributed by atoms with E-state index in [0.717, 1.165) is 29.7 Å². The van der Waals surface area contributed by atoms with E-state index in [2.05, 4.69) is 5.32 Å². The third kappa shape index (κ3) is 3.69. The molecule has 5 heteroatoms. The average Bonchev–Trinajstić information content (AvgIpc) is 3.03. The highest BCUT2D eigenvalue weighted by molar-refractivity contribution is 6.30. The molecule has 0 saturated heterocycles. The Hall–Kier alpha value is -2.33. The normalized spacial score (nSPS) is 14.1. The number of anilines is 1. The Bertz CT molecular complexity index is 802. The first-order valence-electron chi connectivity index (χ1n) is 8.47. The number of amides is 2. The number of fused-ring (bicyclic) bond motifs is 1. The Morgan fingerprint density at radius 2 is 1.92 bits per heavy atom. The molecular weight excluding hydrogens is 336 g/mol. The van der Waals surface area contributed by atoms with E-state index in [1.807, 2.05) is 43.3 Å². The predicted molar refractivity (Wildman–Crippen MR) is 100 cm³/mol. The molecule has 1 aliphatic rings. The first-order chi connectivity index (χ1) is 12.0. The minimum absolute atomic E-state index is 0.0322. The maximum atomic E-state index is 12.7. The highest BCUT2D eigenvalue weighted by Gasteiger charge is 2.23. The first-order valence-corrected chi connectivity index (χ1v) is 8.84. The van der Waals surface area contributed by atoms with Crippen LogP contribution in [0, 0.1) is 0 Å². The van der Waals surface area contributed by atoms with Gasteiger partial charge >= 0.3 is 0 Å². The molecule has 2 aromatic carbocycles. The van der Waals surface area contributed by atoms with E-state index in [1.54, 1.807) is 17.9 Å². The molecule has 130 valence electrons. The van der Waals surface area contributed by atoms with E-state index < -0.39 is 0 Å². The molecule has 0 saturated carbocycles. The van der Waals surface area contributed by atoms with Gasteiger partial charge in [0.2, 0.25) is 5.91 Å². The standard InChI is InChI=1S/C20H21ClN2O2/c1-3-18(14-4-7-17(21)8-5-14)22-20(25)16-6-9-19-15(12-16)10-11-23(19)13(2)24/h4-9,12,18H,3,10-11H2,1-2H3,(H,22,25). The molecule has 1 atom stereocenters. The Kier molecular flexibility index (Phi) is 5.09. The third-order valence-corrected chi connectivity index (χ3v) is 4.86. The van der Waals surface area contributed by atoms with Crippen molar-refractivity contribution in [2.75, 3.05) is 11.4 Å². The van der Waals surface area contributed by atoms with E-state index in [4.69, 9.17) is 11.6 Å². The highest BCUT2D eigenvalue weighted by atomic mass is 35.5. The molecule has 1 unspecified atom stereocenters. The van der Waals surface area contributed by atoms with Gasteiger partial charge in [0.1, 0.15) is 0 Å². The van der Waals surface area contributed by atoms with Crippen molar-refractivity contribution in [2.45, 2.75) is 32.7 Å². The van der Waals surface area contributed by atoms with Crippen molar-refractivity contribution in [1.82, 2.24) is 5.32 Å². The number of nitrogens with zero attached hydrogens (tertiary/aromatic N) is 1. The quantitative estimate of drug-likeness (QED) is 0.895. The second-order valence-electron chi connectivity index (χ2n) is 6.25. The number of carbonyl (C=O) groups is 2. The second kappa shape index (κ2) is 7.28. The second-order valence-corrected chi connectivity index (χ2v) is 6.69. The SMILES string of the molecule is CCC(NC(=O)c1ccc2c(c1)CCN2C(C)=O)c1ccc(Cl)cc1. The summed E-state index contributed by atoms with van der Waals surface area (Å²) in [6.45, 7) is 4.28. The van der Waals surface area contributed by atoms with Crippen molar-refractivity contribution in [3.8, 4) is 0 Å². The van der Waals surface area contributed by atoms with Crippen LogP contribution < -0.4 is 10.2 Å². The third-order valence-electron chi connectivity index (χ3n) is 4.60. The summed E-state index contributed by atoms with van der Waals surface area (Å²) in [6.07, 6.45) is 1.57. The summed E-state index contributed by atoms with van der Waals surface area (Å²) < 4.78 is 0. The largest absolute Gasteiger partial charge is 0.345 e. The van der Waals surface area contributed by atoms with Crippen molar-refractivity contribution in [1.29, 1.82) is 0 Å². The summed E-state index contributed by atoms with van der Waals surface area (Å²) in [6, 6.07) is 13.0. The van der Waals surface area contributed by atoms with Gasteiger partial charge in [0.15, 0.2) is 0 Å². The van der Waals surface area contributed by atoms with Crippen LogP contribution in [0.3, 0.4) is 0 Å². The lowest BCUT2D eigenvalue weighted by Gasteiger charge is -2.18. The maximum Gasteiger partial charge on any atom is 0.251 e. The Morgan fingerprint density at radius 3 is 2.56 bits per heavy atom. The van der Waals surface area contributed by atoms with E-state index in [-0.39, 0.29) is 17.9 Å². The molecule has 1 heterocycles. The van der Waals surface area contributed by atoms with Gasteiger partial charge in [-0.3, -0.25) is 9.59 Å². The van der Waals surface area contributed by atoms with Gasteiger partial charge in [-0.05, 0) is 54.3 Å². The molecule has 1 aliphatic heterocycles. The Morgan fingerprint density at radius 1 is 1.20 bits per heavy atom. The van der Waals surface area contributed by atoms with E-state index in [9.17, 15) is 9.59 Å². The van der Waals surface area contributed by atoms with E-state index >= 15 is 0 Å². The van der Waals surface area contributed by atoms with Crippen molar-refractivity contribution in [2.24, 2.45) is 0 Å². The van der Waals surface area contributed by atoms with Gasteiger partial charge in [0.05, 0.1) is 6.04 Å². The summed E-state index contributed by atoms with van der Waals surface area (Å²) in [5, 5.41) is 3.76. The molecule has 0 radical (unpaired) electrons. The fraction of sp³-hybridized carbons (Fsp3) is 0.300. The Labute approximate surface area is 152 Å². The molecule has 3 rings (SSSR count). The lowest BCUT2D eigenvalue weighted by Crippen LogP contribution is -2.28. The zero-order valence-electron chi connectivity index (χ0n) is 14.4. The molecule has 4 nitrogen and oxygen atoms in total. The number of carbonyl (C=O) groups excluding carboxylic acids is 2. The zero-order chi connectivity index (χ0) is 18.0. The monoisotopic (exact) mass is 356 g/mol. The highest BCUT2D eigenvalue weighted by Crippen LogP contribution is 2.29. The van der Waals surface area contributed by atoms with Crippen LogP contribution in [0.4, 0.5) is 5.69 Å². The molecule has 25 heavy (non-hydrogen) atoms. The van der Waals surface area contributed by atoms with Crippen LogP contribution >= 0.6 is 11.6 Å². The number of nitrogens with one attached hydrogen (secondary N) is 1. The van der Waals surface area contributed by atoms with Gasteiger partial charge in [-0.1, -0.05) is 30.7 Å². The summed E-state index contributed by atoms with van der Waals surface area (Å²) in [5.41, 5.74) is 3.61. The van der Waals surface area contributed by atoms with Crippen molar-refractivity contribution in [3.05, 3.63) is 64.2 Å². The lowest BCUT2D eigenvalue weighted by molar-refractivity contribution is -0.116. The minimum Gasteiger partial charge on any atom is -0.345 e. The molecule has 0 bridgehead atoms. The predicted octanol–water partition coefficient (Wildman–Crippen LogP) is 4.13. The molecule has 2 amide bonds. The maximum absolute atomic E-state index is 12.7. The lowest BCUT2D eigenvalue weighted by atomic mass is 10.0. The topological polar surface area (TPSA) is 49.4 Å². The van der Waals surface area contributed by atoms with Crippen molar-refractivity contribution >= 4 is 29.1 Å². The van der Waals surface area contributed by atoms with Crippen molar-refractivity contribution < 1.29 is 9.59 Å². The van der Waals surface area contributed by atoms with Crippen LogP contribution in [0.1, 0.15) is 47.8 Å². The van der Waals surface area contributed by atoms with Crippen LogP contribution in [0.25, 0.3) is 0 Å². The summed E-state index contributed by atoms with van der Waals surface area (Å²) in [4.78, 5) is 26.0. The average molecular weight is 357 g/mol. The van der Waals surface area contributed by atoms with Crippen molar-refractivity contribution in [3.63, 3.8) is 0 Å². The van der Waals surface area contributed by atoms with Gasteiger partial charge in [0.25, 0.3) is 5.91 Å². The number of halogens is 1. The molecule has 0 aliphatic carbocycles. The molecule has 2 aromatic rings. The number of hydrogen-bond acceptors (Lipinski definition) is 2. The van der Waals surface area contributed by atoms with E-state index in [0.29, 0.717) is 17.1 Å². The van der Waals surface area contributed by atoms with Crippen LogP contribution in [-0.4, -0.2) is 18.4 Å². The van der Waals surface area contributed by atoms with Gasteiger partial charge in [-0.2, -0.15) is 0 Å². The zero-order valence-corrected chi connectivity index (χ0v) is 15.1. The first kappa shape index (κ1) is 17.5. The van der Waals surface area contributed by atoms with Gasteiger partial charge in [-0.25, -0.2) is 0 Å². The van der Waals surface area contributed by atoms with Gasteiger partial charge < -0.3 is 10.2 Å². The van der Waals surface area contributed by atoms with Crippen LogP contribution in [0.2, 0.25) is 5.02 Å². The van der Waals surface area contributed by atoms with Gasteiger partial charge in [-0.15, -0.1) is 0 Å².